The molecule has 90 valence electrons. The van der Waals surface area contributed by atoms with E-state index in [1.807, 2.05) is 20.8 Å². The van der Waals surface area contributed by atoms with Crippen LogP contribution >= 0.6 is 0 Å². The van der Waals surface area contributed by atoms with E-state index in [0.29, 0.717) is 5.82 Å². The van der Waals surface area contributed by atoms with Gasteiger partial charge in [-0.3, -0.25) is 0 Å². The fourth-order valence-corrected chi connectivity index (χ4v) is 1.23. The molecule has 1 aromatic heterocycles. The summed E-state index contributed by atoms with van der Waals surface area (Å²) in [6.07, 6.45) is 0. The maximum atomic E-state index is 11.7. The van der Waals surface area contributed by atoms with Crippen LogP contribution in [0.5, 0.6) is 0 Å². The number of carbonyl (C=O) groups is 1. The number of aryl methyl sites for hydroxylation is 1. The van der Waals surface area contributed by atoms with Crippen molar-refractivity contribution >= 4 is 6.03 Å². The smallest absolute Gasteiger partial charge is 0.331 e. The molecule has 0 saturated heterocycles. The lowest BCUT2D eigenvalue weighted by Gasteiger charge is -2.19. The number of nitrogens with zero attached hydrogens (tertiary/aromatic N) is 3. The van der Waals surface area contributed by atoms with Crippen LogP contribution in [0.3, 0.4) is 0 Å². The van der Waals surface area contributed by atoms with Gasteiger partial charge < -0.3 is 10.7 Å². The molecule has 0 saturated carbocycles. The van der Waals surface area contributed by atoms with E-state index in [1.54, 1.807) is 14.0 Å². The second-order valence-electron chi connectivity index (χ2n) is 4.48. The molecule has 0 spiro atoms. The van der Waals surface area contributed by atoms with Gasteiger partial charge in [-0.15, -0.1) is 9.78 Å². The molecule has 0 bridgehead atoms. The van der Waals surface area contributed by atoms with Gasteiger partial charge in [0.15, 0.2) is 5.82 Å². The number of aromatic nitrogens is 3. The summed E-state index contributed by atoms with van der Waals surface area (Å²) in [6, 6.07) is -0.533. The Balaban J connectivity index is 3.07. The van der Waals surface area contributed by atoms with Gasteiger partial charge in [-0.25, -0.2) is 9.59 Å². The van der Waals surface area contributed by atoms with Crippen LogP contribution in [0, 0.1) is 6.92 Å². The lowest BCUT2D eigenvalue weighted by Crippen LogP contribution is -2.47. The van der Waals surface area contributed by atoms with Crippen molar-refractivity contribution in [3.63, 3.8) is 0 Å². The summed E-state index contributed by atoms with van der Waals surface area (Å²) in [4.78, 5) is 23.4. The first kappa shape index (κ1) is 12.3. The molecule has 0 fully saturated rings. The monoisotopic (exact) mass is 227 g/mol. The zero-order valence-corrected chi connectivity index (χ0v) is 10.2. The van der Waals surface area contributed by atoms with Crippen molar-refractivity contribution in [3.05, 3.63) is 16.3 Å². The molecule has 1 aromatic rings. The van der Waals surface area contributed by atoms with Crippen LogP contribution in [-0.2, 0) is 0 Å². The van der Waals surface area contributed by atoms with Gasteiger partial charge in [-0.2, -0.15) is 4.68 Å². The maximum absolute atomic E-state index is 11.7. The zero-order valence-electron chi connectivity index (χ0n) is 10.2. The Morgan fingerprint density at radius 1 is 1.38 bits per heavy atom. The molecular formula is C9H17N5O2. The first-order valence-electron chi connectivity index (χ1n) is 4.95. The fourth-order valence-electron chi connectivity index (χ4n) is 1.23. The minimum atomic E-state index is -0.533. The Bertz CT molecular complexity index is 451. The molecule has 7 nitrogen and oxygen atoms in total. The first-order valence-corrected chi connectivity index (χ1v) is 4.95. The van der Waals surface area contributed by atoms with E-state index in [0.717, 1.165) is 4.68 Å². The van der Waals surface area contributed by atoms with Crippen LogP contribution in [0.1, 0.15) is 26.6 Å². The molecule has 16 heavy (non-hydrogen) atoms. The van der Waals surface area contributed by atoms with Crippen LogP contribution in [0.2, 0.25) is 0 Å². The fraction of sp³-hybridized carbons (Fsp3) is 0.667. The van der Waals surface area contributed by atoms with Crippen LogP contribution in [-0.4, -0.2) is 33.1 Å². The van der Waals surface area contributed by atoms with Gasteiger partial charge in [0, 0.05) is 12.6 Å². The lowest BCUT2D eigenvalue weighted by atomic mass is 10.1. The Kier molecular flexibility index (Phi) is 3.06. The van der Waals surface area contributed by atoms with Gasteiger partial charge in [0.25, 0.3) is 0 Å². The van der Waals surface area contributed by atoms with Crippen LogP contribution in [0.25, 0.3) is 0 Å². The molecule has 0 aliphatic heterocycles. The van der Waals surface area contributed by atoms with Crippen molar-refractivity contribution in [1.82, 2.24) is 19.8 Å². The van der Waals surface area contributed by atoms with Gasteiger partial charge in [0.1, 0.15) is 0 Å². The van der Waals surface area contributed by atoms with Gasteiger partial charge in [0.05, 0.1) is 0 Å². The average molecular weight is 227 g/mol. The molecular weight excluding hydrogens is 210 g/mol. The average Bonchev–Trinajstić information content (AvgIpc) is 2.38. The molecule has 0 unspecified atom stereocenters. The highest BCUT2D eigenvalue weighted by Gasteiger charge is 2.20. The van der Waals surface area contributed by atoms with Gasteiger partial charge in [0.2, 0.25) is 0 Å². The summed E-state index contributed by atoms with van der Waals surface area (Å²) in [5, 5.41) is 6.52. The van der Waals surface area contributed by atoms with Crippen LogP contribution in [0.4, 0.5) is 4.79 Å². The summed E-state index contributed by atoms with van der Waals surface area (Å²) in [7, 11) is 1.59. The van der Waals surface area contributed by atoms with E-state index in [-0.39, 0.29) is 0 Å². The van der Waals surface area contributed by atoms with Crippen molar-refractivity contribution in [2.45, 2.75) is 33.2 Å². The zero-order chi connectivity index (χ0) is 12.5. The number of carbonyl (C=O) groups excluding carboxylic acids is 1. The second kappa shape index (κ2) is 3.99. The van der Waals surface area contributed by atoms with Crippen molar-refractivity contribution in [3.8, 4) is 0 Å². The Hall–Kier alpha value is -1.79. The normalized spacial score (nSPS) is 11.3. The minimum Gasteiger partial charge on any atom is -0.331 e. The molecule has 1 rings (SSSR count). The van der Waals surface area contributed by atoms with E-state index >= 15 is 0 Å². The lowest BCUT2D eigenvalue weighted by molar-refractivity contribution is 0.229. The van der Waals surface area contributed by atoms with Crippen molar-refractivity contribution < 1.29 is 4.79 Å². The topological polar surface area (TPSA) is 81.0 Å². The molecule has 0 aliphatic rings. The maximum Gasteiger partial charge on any atom is 0.373 e. The quantitative estimate of drug-likeness (QED) is 0.701. The first-order chi connectivity index (χ1) is 7.26. The predicted molar refractivity (Wildman–Crippen MR) is 60.2 cm³/mol. The molecule has 1 heterocycles. The van der Waals surface area contributed by atoms with Crippen molar-refractivity contribution in [1.29, 1.82) is 0 Å². The Morgan fingerprint density at radius 2 is 1.94 bits per heavy atom. The third-order valence-corrected chi connectivity index (χ3v) is 1.84. The Morgan fingerprint density at radius 3 is 2.31 bits per heavy atom. The SMILES string of the molecule is CNn1c(C)nn(C(=O)NC(C)(C)C)c1=O. The summed E-state index contributed by atoms with van der Waals surface area (Å²) in [5.74, 6) is 0.427. The van der Waals surface area contributed by atoms with E-state index in [2.05, 4.69) is 15.8 Å². The standard InChI is InChI=1S/C9H17N5O2/c1-6-12-14(8(16)13(6)10-5)7(15)11-9(2,3)4/h10H,1-5H3,(H,11,15). The summed E-state index contributed by atoms with van der Waals surface area (Å²) in [5.41, 5.74) is 1.72. The molecule has 0 radical (unpaired) electrons. The third kappa shape index (κ3) is 2.41. The molecule has 0 atom stereocenters. The second-order valence-corrected chi connectivity index (χ2v) is 4.48. The number of amides is 1. The van der Waals surface area contributed by atoms with E-state index in [9.17, 15) is 9.59 Å². The number of hydrogen-bond donors (Lipinski definition) is 2. The largest absolute Gasteiger partial charge is 0.373 e. The molecule has 2 N–H and O–H groups in total. The van der Waals surface area contributed by atoms with Crippen molar-refractivity contribution in [2.75, 3.05) is 12.5 Å². The van der Waals surface area contributed by atoms with Gasteiger partial charge >= 0.3 is 11.7 Å². The number of rotatable bonds is 1. The van der Waals surface area contributed by atoms with Crippen LogP contribution in [0.15, 0.2) is 4.79 Å². The van der Waals surface area contributed by atoms with Gasteiger partial charge in [-0.05, 0) is 27.7 Å². The number of nitrogens with one attached hydrogen (secondary N) is 2. The van der Waals surface area contributed by atoms with Gasteiger partial charge in [-0.1, -0.05) is 0 Å². The Labute approximate surface area is 93.4 Å². The highest BCUT2D eigenvalue weighted by molar-refractivity contribution is 5.76. The highest BCUT2D eigenvalue weighted by Crippen LogP contribution is 1.98. The van der Waals surface area contributed by atoms with E-state index < -0.39 is 17.3 Å². The predicted octanol–water partition coefficient (Wildman–Crippen LogP) is -0.117. The number of hydrogen-bond acceptors (Lipinski definition) is 4. The summed E-state index contributed by atoms with van der Waals surface area (Å²) < 4.78 is 2.00. The van der Waals surface area contributed by atoms with Crippen molar-refractivity contribution in [2.24, 2.45) is 0 Å². The molecule has 0 aliphatic carbocycles. The minimum absolute atomic E-state index is 0.409. The molecule has 0 aromatic carbocycles. The summed E-state index contributed by atoms with van der Waals surface area (Å²) in [6.45, 7) is 7.13. The molecule has 1 amide bonds. The van der Waals surface area contributed by atoms with E-state index in [4.69, 9.17) is 0 Å². The van der Waals surface area contributed by atoms with E-state index in [1.165, 1.54) is 4.68 Å². The van der Waals surface area contributed by atoms with Crippen LogP contribution < -0.4 is 16.4 Å². The summed E-state index contributed by atoms with van der Waals surface area (Å²) >= 11 is 0. The molecule has 7 heteroatoms. The third-order valence-electron chi connectivity index (χ3n) is 1.84. The highest BCUT2D eigenvalue weighted by atomic mass is 16.2.